The zero-order valence-electron chi connectivity index (χ0n) is 15.6. The van der Waals surface area contributed by atoms with Crippen LogP contribution in [0.15, 0.2) is 62.7 Å². The molecule has 0 saturated heterocycles. The number of amides is 1. The Labute approximate surface area is 166 Å². The van der Waals surface area contributed by atoms with E-state index in [9.17, 15) is 4.79 Å². The summed E-state index contributed by atoms with van der Waals surface area (Å²) in [6.45, 7) is 4.59. The molecule has 0 aliphatic heterocycles. The lowest BCUT2D eigenvalue weighted by Gasteiger charge is -2.11. The molecule has 0 bridgehead atoms. The average molecular weight is 396 g/mol. The van der Waals surface area contributed by atoms with Gasteiger partial charge in [0.2, 0.25) is 5.91 Å². The molecule has 0 aliphatic rings. The second-order valence-corrected chi connectivity index (χ2v) is 7.23. The number of fused-ring (bicyclic) bond motifs is 1. The summed E-state index contributed by atoms with van der Waals surface area (Å²) in [6, 6.07) is 13.2. The highest BCUT2D eigenvalue weighted by Crippen LogP contribution is 2.25. The maximum atomic E-state index is 12.4. The third kappa shape index (κ3) is 3.68. The molecular weight excluding hydrogens is 376 g/mol. The maximum absolute atomic E-state index is 12.4. The summed E-state index contributed by atoms with van der Waals surface area (Å²) in [6.07, 6.45) is 1.60. The topological polar surface area (TPSA) is 86.1 Å². The first-order valence-corrected chi connectivity index (χ1v) is 10.0. The van der Waals surface area contributed by atoms with E-state index in [2.05, 4.69) is 15.5 Å². The van der Waals surface area contributed by atoms with Gasteiger partial charge in [0.1, 0.15) is 11.3 Å². The molecule has 3 heterocycles. The van der Waals surface area contributed by atoms with Gasteiger partial charge in [0.15, 0.2) is 16.7 Å². The summed E-state index contributed by atoms with van der Waals surface area (Å²) in [7, 11) is 0. The van der Waals surface area contributed by atoms with Crippen LogP contribution in [0.4, 0.5) is 0 Å². The minimum absolute atomic E-state index is 0.0943. The van der Waals surface area contributed by atoms with E-state index >= 15 is 0 Å². The van der Waals surface area contributed by atoms with Crippen molar-refractivity contribution in [3.05, 3.63) is 54.5 Å². The summed E-state index contributed by atoms with van der Waals surface area (Å²) < 4.78 is 13.2. The van der Waals surface area contributed by atoms with E-state index in [1.54, 1.807) is 6.26 Å². The summed E-state index contributed by atoms with van der Waals surface area (Å²) >= 11 is 1.35. The molecule has 28 heavy (non-hydrogen) atoms. The Kier molecular flexibility index (Phi) is 5.21. The van der Waals surface area contributed by atoms with Crippen LogP contribution >= 0.6 is 11.8 Å². The maximum Gasteiger partial charge on any atom is 0.231 e. The van der Waals surface area contributed by atoms with Crippen molar-refractivity contribution in [1.29, 1.82) is 0 Å². The largest absolute Gasteiger partial charge is 0.461 e. The normalized spacial score (nSPS) is 12.4. The molecule has 3 aromatic heterocycles. The van der Waals surface area contributed by atoms with Gasteiger partial charge < -0.3 is 14.2 Å². The molecule has 1 atom stereocenters. The number of thioether (sulfide) groups is 1. The number of aromatic nitrogens is 3. The van der Waals surface area contributed by atoms with Crippen molar-refractivity contribution in [2.45, 2.75) is 31.6 Å². The Morgan fingerprint density at radius 1 is 1.25 bits per heavy atom. The number of carbonyl (C=O) groups excluding carboxylic acids is 1. The van der Waals surface area contributed by atoms with Crippen LogP contribution in [0.2, 0.25) is 0 Å². The third-order valence-electron chi connectivity index (χ3n) is 4.36. The minimum Gasteiger partial charge on any atom is -0.461 e. The first kappa shape index (κ1) is 18.4. The van der Waals surface area contributed by atoms with Crippen molar-refractivity contribution in [2.75, 3.05) is 5.75 Å². The Hall–Kier alpha value is -3.00. The monoisotopic (exact) mass is 396 g/mol. The smallest absolute Gasteiger partial charge is 0.231 e. The molecule has 4 aromatic rings. The van der Waals surface area contributed by atoms with Crippen molar-refractivity contribution >= 4 is 28.6 Å². The van der Waals surface area contributed by atoms with Gasteiger partial charge in [-0.2, -0.15) is 0 Å². The molecule has 0 unspecified atom stereocenters. The fraction of sp³-hybridized carbons (Fsp3) is 0.250. The third-order valence-corrected chi connectivity index (χ3v) is 5.32. The van der Waals surface area contributed by atoms with Crippen LogP contribution in [-0.2, 0) is 11.3 Å². The van der Waals surface area contributed by atoms with Gasteiger partial charge >= 0.3 is 0 Å². The molecule has 8 heteroatoms. The summed E-state index contributed by atoms with van der Waals surface area (Å²) in [5.74, 6) is 2.19. The summed E-state index contributed by atoms with van der Waals surface area (Å²) in [5.41, 5.74) is 0.814. The number of benzene rings is 1. The van der Waals surface area contributed by atoms with Crippen molar-refractivity contribution in [3.8, 4) is 11.6 Å². The van der Waals surface area contributed by atoms with Crippen LogP contribution in [0.1, 0.15) is 25.6 Å². The van der Waals surface area contributed by atoms with Crippen LogP contribution in [0.5, 0.6) is 0 Å². The molecule has 4 rings (SSSR count). The first-order valence-electron chi connectivity index (χ1n) is 9.03. The first-order chi connectivity index (χ1) is 13.7. The van der Waals surface area contributed by atoms with Gasteiger partial charge in [-0.25, -0.2) is 0 Å². The van der Waals surface area contributed by atoms with Crippen LogP contribution in [0.25, 0.3) is 22.6 Å². The number of carbonyl (C=O) groups is 1. The number of hydrogen-bond acceptors (Lipinski definition) is 6. The lowest BCUT2D eigenvalue weighted by atomic mass is 10.2. The Balaban J connectivity index is 1.39. The van der Waals surface area contributed by atoms with E-state index in [1.165, 1.54) is 11.8 Å². The molecule has 1 aromatic carbocycles. The standard InChI is InChI=1S/C20H20N4O3S/c1-3-24-19(16-9-6-10-26-16)22-23-20(24)28-12-18(25)21-13(2)17-11-14-7-4-5-8-15(14)27-17/h4-11,13H,3,12H2,1-2H3,(H,21,25)/t13-/m1/s1. The van der Waals surface area contributed by atoms with Crippen molar-refractivity contribution in [1.82, 2.24) is 20.1 Å². The molecule has 0 radical (unpaired) electrons. The van der Waals surface area contributed by atoms with Gasteiger partial charge in [-0.3, -0.25) is 9.36 Å². The number of nitrogens with zero attached hydrogens (tertiary/aromatic N) is 3. The second kappa shape index (κ2) is 7.93. The van der Waals surface area contributed by atoms with Crippen LogP contribution in [0, 0.1) is 0 Å². The van der Waals surface area contributed by atoms with E-state index in [4.69, 9.17) is 8.83 Å². The molecule has 0 saturated carbocycles. The van der Waals surface area contributed by atoms with E-state index in [1.807, 2.05) is 60.9 Å². The van der Waals surface area contributed by atoms with Crippen LogP contribution in [-0.4, -0.2) is 26.4 Å². The number of furan rings is 2. The van der Waals surface area contributed by atoms with Crippen LogP contribution in [0.3, 0.4) is 0 Å². The Morgan fingerprint density at radius 2 is 2.11 bits per heavy atom. The van der Waals surface area contributed by atoms with Gasteiger partial charge in [0.05, 0.1) is 18.1 Å². The SMILES string of the molecule is CCn1c(SCC(=O)N[C@H](C)c2cc3ccccc3o2)nnc1-c1ccco1. The molecule has 0 fully saturated rings. The minimum atomic E-state index is -0.219. The molecule has 1 amide bonds. The fourth-order valence-corrected chi connectivity index (χ4v) is 3.78. The van der Waals surface area contributed by atoms with E-state index < -0.39 is 0 Å². The molecule has 144 valence electrons. The average Bonchev–Trinajstić information content (AvgIpc) is 3.44. The number of nitrogens with one attached hydrogen (secondary N) is 1. The molecule has 7 nitrogen and oxygen atoms in total. The number of para-hydroxylation sites is 1. The van der Waals surface area contributed by atoms with Crippen molar-refractivity contribution in [2.24, 2.45) is 0 Å². The lowest BCUT2D eigenvalue weighted by Crippen LogP contribution is -2.28. The summed E-state index contributed by atoms with van der Waals surface area (Å²) in [5, 5.41) is 13.1. The van der Waals surface area contributed by atoms with Gasteiger partial charge in [-0.1, -0.05) is 30.0 Å². The fourth-order valence-electron chi connectivity index (χ4n) is 2.97. The summed E-state index contributed by atoms with van der Waals surface area (Å²) in [4.78, 5) is 12.4. The molecular formula is C20H20N4O3S. The zero-order chi connectivity index (χ0) is 19.5. The number of rotatable bonds is 7. The van der Waals surface area contributed by atoms with Crippen molar-refractivity contribution in [3.63, 3.8) is 0 Å². The molecule has 0 spiro atoms. The molecule has 0 aliphatic carbocycles. The van der Waals surface area contributed by atoms with Gasteiger partial charge in [-0.15, -0.1) is 10.2 Å². The molecule has 1 N–H and O–H groups in total. The van der Waals surface area contributed by atoms with E-state index in [0.717, 1.165) is 16.7 Å². The Morgan fingerprint density at radius 3 is 2.86 bits per heavy atom. The second-order valence-electron chi connectivity index (χ2n) is 6.29. The van der Waals surface area contributed by atoms with Crippen molar-refractivity contribution < 1.29 is 13.6 Å². The Bertz CT molecular complexity index is 1050. The van der Waals surface area contributed by atoms with E-state index in [-0.39, 0.29) is 17.7 Å². The lowest BCUT2D eigenvalue weighted by molar-refractivity contribution is -0.119. The zero-order valence-corrected chi connectivity index (χ0v) is 16.4. The van der Waals surface area contributed by atoms with Gasteiger partial charge in [0, 0.05) is 11.9 Å². The van der Waals surface area contributed by atoms with Gasteiger partial charge in [-0.05, 0) is 38.1 Å². The van der Waals surface area contributed by atoms with Gasteiger partial charge in [0.25, 0.3) is 0 Å². The predicted octanol–water partition coefficient (Wildman–Crippen LogP) is 4.27. The highest BCUT2D eigenvalue weighted by molar-refractivity contribution is 7.99. The highest BCUT2D eigenvalue weighted by Gasteiger charge is 2.18. The number of hydrogen-bond donors (Lipinski definition) is 1. The highest BCUT2D eigenvalue weighted by atomic mass is 32.2. The van der Waals surface area contributed by atoms with Crippen LogP contribution < -0.4 is 5.32 Å². The quantitative estimate of drug-likeness (QED) is 0.470. The predicted molar refractivity (Wildman–Crippen MR) is 107 cm³/mol. The van der Waals surface area contributed by atoms with E-state index in [0.29, 0.717) is 23.3 Å².